The number of carbonyl (C=O) groups excluding carboxylic acids is 1. The smallest absolute Gasteiger partial charge is 0.217 e. The molecule has 3 aromatic carbocycles. The molecule has 0 unspecified atom stereocenters. The molecule has 5 rings (SSSR count). The average Bonchev–Trinajstić information content (AvgIpc) is 3.09. The normalized spacial score (nSPS) is 30.9. The maximum atomic E-state index is 12.6. The molecule has 0 aliphatic carbocycles. The molecule has 2 saturated heterocycles. The largest absolute Gasteiger partial charge is 0.394 e. The number of nitrogens with one attached hydrogen (secondary N) is 1. The van der Waals surface area contributed by atoms with Crippen molar-refractivity contribution in [3.8, 4) is 0 Å². The van der Waals surface area contributed by atoms with Gasteiger partial charge in [0.15, 0.2) is 12.6 Å². The van der Waals surface area contributed by atoms with Crippen LogP contribution in [0.2, 0.25) is 0 Å². The van der Waals surface area contributed by atoms with E-state index in [1.54, 1.807) is 0 Å². The fraction of sp³-hybridized carbons (Fsp3) is 0.457. The molecule has 254 valence electrons. The quantitative estimate of drug-likeness (QED) is 0.171. The Hall–Kier alpha value is -3.27. The fourth-order valence-corrected chi connectivity index (χ4v) is 5.70. The van der Waals surface area contributed by atoms with Gasteiger partial charge in [0.25, 0.3) is 0 Å². The second kappa shape index (κ2) is 17.2. The molecule has 0 aromatic heterocycles. The number of ether oxygens (including phenoxy) is 6. The Morgan fingerprint density at radius 1 is 0.745 bits per heavy atom. The molecule has 0 spiro atoms. The molecule has 0 saturated carbocycles. The zero-order valence-corrected chi connectivity index (χ0v) is 26.2. The second-order valence-corrected chi connectivity index (χ2v) is 11.7. The summed E-state index contributed by atoms with van der Waals surface area (Å²) >= 11 is 0. The van der Waals surface area contributed by atoms with Gasteiger partial charge in [-0.15, -0.1) is 0 Å². The predicted octanol–water partition coefficient (Wildman–Crippen LogP) is 1.39. The van der Waals surface area contributed by atoms with Crippen molar-refractivity contribution in [2.75, 3.05) is 13.2 Å². The minimum absolute atomic E-state index is 0.0738. The third-order valence-electron chi connectivity index (χ3n) is 8.17. The number of nitrogens with two attached hydrogens (primary N) is 1. The van der Waals surface area contributed by atoms with Gasteiger partial charge in [-0.1, -0.05) is 91.0 Å². The van der Waals surface area contributed by atoms with Gasteiger partial charge in [-0.3, -0.25) is 4.79 Å². The lowest BCUT2D eigenvalue weighted by atomic mass is 9.94. The van der Waals surface area contributed by atoms with Crippen LogP contribution in [0.3, 0.4) is 0 Å². The molecule has 2 aliphatic heterocycles. The first kappa shape index (κ1) is 35.0. The van der Waals surface area contributed by atoms with Crippen LogP contribution in [0.25, 0.3) is 0 Å². The van der Waals surface area contributed by atoms with E-state index in [1.807, 2.05) is 91.0 Å². The maximum Gasteiger partial charge on any atom is 0.217 e. The Balaban J connectivity index is 1.47. The Kier molecular flexibility index (Phi) is 12.8. The van der Waals surface area contributed by atoms with E-state index in [-0.39, 0.29) is 25.7 Å². The molecule has 6 N–H and O–H groups in total. The summed E-state index contributed by atoms with van der Waals surface area (Å²) in [6.07, 6.45) is -9.02. The van der Waals surface area contributed by atoms with E-state index in [1.165, 1.54) is 6.92 Å². The Labute approximate surface area is 274 Å². The summed E-state index contributed by atoms with van der Waals surface area (Å²) in [5, 5.41) is 33.9. The van der Waals surface area contributed by atoms with Crippen molar-refractivity contribution in [1.29, 1.82) is 0 Å². The molecule has 0 radical (unpaired) electrons. The summed E-state index contributed by atoms with van der Waals surface area (Å²) in [6, 6.07) is 26.6. The topological polar surface area (TPSA) is 171 Å². The van der Waals surface area contributed by atoms with E-state index in [9.17, 15) is 20.1 Å². The molecule has 2 heterocycles. The SMILES string of the molecule is CC(=O)N[C@H]1[C@@H](OCc2ccccc2)O[C@H](COCc2ccccc2)[C@H](OCc2ccccc2)[C@@H]1O[C@@H]1O[C@H](CO)[C@H](O)[C@H](O)[C@H]1N. The van der Waals surface area contributed by atoms with E-state index in [2.05, 4.69) is 5.32 Å². The lowest BCUT2D eigenvalue weighted by Crippen LogP contribution is -2.69. The number of rotatable bonds is 14. The van der Waals surface area contributed by atoms with Crippen LogP contribution in [0.15, 0.2) is 91.0 Å². The third kappa shape index (κ3) is 9.42. The van der Waals surface area contributed by atoms with Gasteiger partial charge in [-0.2, -0.15) is 0 Å². The van der Waals surface area contributed by atoms with Gasteiger partial charge in [-0.25, -0.2) is 0 Å². The number of aliphatic hydroxyl groups is 3. The van der Waals surface area contributed by atoms with E-state index < -0.39 is 67.9 Å². The number of aliphatic hydroxyl groups excluding tert-OH is 3. The van der Waals surface area contributed by atoms with Gasteiger partial charge in [-0.05, 0) is 16.7 Å². The molecule has 0 bridgehead atoms. The standard InChI is InChI=1S/C35H44N2O10/c1-22(39)37-29-33(47-34-28(36)31(41)30(40)26(17-38)45-34)32(43-19-24-13-7-3-8-14-24)27(21-42-18-23-11-5-2-6-12-23)46-35(29)44-20-25-15-9-4-10-16-25/h2-16,26-35,38,40-41H,17-21,36H2,1H3,(H,37,39)/t26-,27-,28-,29-,30+,31-,32+,33-,34+,35+/m1/s1. The van der Waals surface area contributed by atoms with E-state index in [4.69, 9.17) is 34.2 Å². The highest BCUT2D eigenvalue weighted by molar-refractivity contribution is 5.73. The molecular formula is C35H44N2O10. The third-order valence-corrected chi connectivity index (χ3v) is 8.17. The van der Waals surface area contributed by atoms with E-state index in [0.717, 1.165) is 16.7 Å². The zero-order chi connectivity index (χ0) is 33.2. The molecule has 10 atom stereocenters. The average molecular weight is 653 g/mol. The highest BCUT2D eigenvalue weighted by Gasteiger charge is 2.52. The summed E-state index contributed by atoms with van der Waals surface area (Å²) in [6.45, 7) is 1.50. The van der Waals surface area contributed by atoms with Crippen LogP contribution in [-0.2, 0) is 53.0 Å². The highest BCUT2D eigenvalue weighted by atomic mass is 16.7. The van der Waals surface area contributed by atoms with E-state index in [0.29, 0.717) is 6.61 Å². The number of hydrogen-bond acceptors (Lipinski definition) is 11. The Bertz CT molecular complexity index is 1350. The number of amides is 1. The van der Waals surface area contributed by atoms with Gasteiger partial charge in [0.1, 0.15) is 42.7 Å². The molecule has 12 nitrogen and oxygen atoms in total. The Morgan fingerprint density at radius 2 is 1.28 bits per heavy atom. The van der Waals surface area contributed by atoms with Crippen molar-refractivity contribution in [2.45, 2.75) is 88.0 Å². The van der Waals surface area contributed by atoms with Crippen molar-refractivity contribution in [2.24, 2.45) is 5.73 Å². The summed E-state index contributed by atoms with van der Waals surface area (Å²) < 4.78 is 37.8. The first-order valence-corrected chi connectivity index (χ1v) is 15.7. The van der Waals surface area contributed by atoms with Crippen molar-refractivity contribution in [3.05, 3.63) is 108 Å². The molecule has 47 heavy (non-hydrogen) atoms. The second-order valence-electron chi connectivity index (χ2n) is 11.7. The number of carbonyl (C=O) groups is 1. The first-order valence-electron chi connectivity index (χ1n) is 15.7. The molecule has 1 amide bonds. The number of hydrogen-bond donors (Lipinski definition) is 5. The summed E-state index contributed by atoms with van der Waals surface area (Å²) in [5.41, 5.74) is 9.03. The molecule has 2 fully saturated rings. The molecule has 3 aromatic rings. The lowest BCUT2D eigenvalue weighted by Gasteiger charge is -2.49. The van der Waals surface area contributed by atoms with Gasteiger partial charge in [0.05, 0.1) is 39.1 Å². The van der Waals surface area contributed by atoms with Crippen LogP contribution in [0, 0.1) is 0 Å². The first-order chi connectivity index (χ1) is 22.8. The van der Waals surface area contributed by atoms with Crippen LogP contribution in [0.1, 0.15) is 23.6 Å². The number of benzene rings is 3. The van der Waals surface area contributed by atoms with Crippen molar-refractivity contribution < 1.29 is 48.5 Å². The predicted molar refractivity (Wildman–Crippen MR) is 169 cm³/mol. The molecule has 12 heteroatoms. The molecule has 2 aliphatic rings. The van der Waals surface area contributed by atoms with Crippen LogP contribution in [-0.4, -0.2) is 95.7 Å². The van der Waals surface area contributed by atoms with Gasteiger partial charge >= 0.3 is 0 Å². The minimum Gasteiger partial charge on any atom is -0.394 e. The zero-order valence-electron chi connectivity index (χ0n) is 26.2. The van der Waals surface area contributed by atoms with Gasteiger partial charge in [0.2, 0.25) is 5.91 Å². The van der Waals surface area contributed by atoms with Crippen LogP contribution >= 0.6 is 0 Å². The highest BCUT2D eigenvalue weighted by Crippen LogP contribution is 2.32. The lowest BCUT2D eigenvalue weighted by molar-refractivity contribution is -0.334. The van der Waals surface area contributed by atoms with Gasteiger partial charge in [0, 0.05) is 6.92 Å². The van der Waals surface area contributed by atoms with Gasteiger partial charge < -0.3 is 54.8 Å². The Morgan fingerprint density at radius 3 is 1.83 bits per heavy atom. The van der Waals surface area contributed by atoms with Crippen LogP contribution < -0.4 is 11.1 Å². The van der Waals surface area contributed by atoms with Crippen molar-refractivity contribution in [3.63, 3.8) is 0 Å². The van der Waals surface area contributed by atoms with Crippen LogP contribution in [0.5, 0.6) is 0 Å². The van der Waals surface area contributed by atoms with Crippen LogP contribution in [0.4, 0.5) is 0 Å². The fourth-order valence-electron chi connectivity index (χ4n) is 5.70. The van der Waals surface area contributed by atoms with Crippen molar-refractivity contribution >= 4 is 5.91 Å². The minimum atomic E-state index is -1.45. The monoisotopic (exact) mass is 652 g/mol. The maximum absolute atomic E-state index is 12.6. The summed E-state index contributed by atoms with van der Waals surface area (Å²) in [5.74, 6) is -0.376. The summed E-state index contributed by atoms with van der Waals surface area (Å²) in [4.78, 5) is 12.6. The summed E-state index contributed by atoms with van der Waals surface area (Å²) in [7, 11) is 0. The molecular weight excluding hydrogens is 608 g/mol. The van der Waals surface area contributed by atoms with Crippen molar-refractivity contribution in [1.82, 2.24) is 5.32 Å². The van der Waals surface area contributed by atoms with E-state index >= 15 is 0 Å².